The third kappa shape index (κ3) is 2.80. The van der Waals surface area contributed by atoms with Crippen LogP contribution in [-0.4, -0.2) is 58.8 Å². The largest absolute Gasteiger partial charge is 0.344 e. The Morgan fingerprint density at radius 1 is 1.33 bits per heavy atom. The number of thiophene rings is 1. The number of carbonyl (C=O) groups is 2. The predicted molar refractivity (Wildman–Crippen MR) is 94.2 cm³/mol. The lowest BCUT2D eigenvalue weighted by molar-refractivity contribution is -0.126. The van der Waals surface area contributed by atoms with E-state index < -0.39 is 0 Å². The van der Waals surface area contributed by atoms with Crippen molar-refractivity contribution >= 4 is 33.5 Å². The Bertz CT molecular complexity index is 827. The molecule has 2 amide bonds. The monoisotopic (exact) mass is 344 g/mol. The SMILES string of the molecule is C=C(C)C(=O)N1CCC(c2c(C(=O)N(C)C)sc3nccnc23)C1. The first-order valence-corrected chi connectivity index (χ1v) is 8.61. The van der Waals surface area contributed by atoms with Crippen LogP contribution in [0, 0.1) is 0 Å². The van der Waals surface area contributed by atoms with Crippen molar-refractivity contribution in [2.75, 3.05) is 27.2 Å². The highest BCUT2D eigenvalue weighted by Gasteiger charge is 2.33. The van der Waals surface area contributed by atoms with E-state index >= 15 is 0 Å². The Morgan fingerprint density at radius 2 is 2.04 bits per heavy atom. The molecule has 0 spiro atoms. The molecule has 24 heavy (non-hydrogen) atoms. The van der Waals surface area contributed by atoms with Crippen LogP contribution in [0.15, 0.2) is 24.5 Å². The number of aromatic nitrogens is 2. The van der Waals surface area contributed by atoms with Crippen molar-refractivity contribution in [1.82, 2.24) is 19.8 Å². The van der Waals surface area contributed by atoms with Crippen LogP contribution < -0.4 is 0 Å². The van der Waals surface area contributed by atoms with Crippen LogP contribution in [0.5, 0.6) is 0 Å². The molecule has 6 nitrogen and oxygen atoms in total. The van der Waals surface area contributed by atoms with Crippen molar-refractivity contribution in [3.8, 4) is 0 Å². The molecule has 2 aromatic heterocycles. The number of hydrogen-bond donors (Lipinski definition) is 0. The lowest BCUT2D eigenvalue weighted by Crippen LogP contribution is -2.29. The van der Waals surface area contributed by atoms with E-state index in [1.807, 2.05) is 0 Å². The fourth-order valence-electron chi connectivity index (χ4n) is 3.03. The molecule has 1 aliphatic heterocycles. The second-order valence-electron chi connectivity index (χ2n) is 6.27. The Morgan fingerprint density at radius 3 is 2.71 bits per heavy atom. The summed E-state index contributed by atoms with van der Waals surface area (Å²) >= 11 is 1.38. The molecule has 3 rings (SSSR count). The maximum atomic E-state index is 12.6. The van der Waals surface area contributed by atoms with Gasteiger partial charge in [-0.15, -0.1) is 11.3 Å². The number of amides is 2. The highest BCUT2D eigenvalue weighted by atomic mass is 32.1. The van der Waals surface area contributed by atoms with Crippen LogP contribution in [0.3, 0.4) is 0 Å². The number of rotatable bonds is 3. The van der Waals surface area contributed by atoms with E-state index in [1.54, 1.807) is 43.2 Å². The van der Waals surface area contributed by atoms with Crippen LogP contribution in [0.1, 0.15) is 34.5 Å². The minimum atomic E-state index is -0.0422. The second kappa shape index (κ2) is 6.32. The number of likely N-dealkylation sites (tertiary alicyclic amines) is 1. The van der Waals surface area contributed by atoms with Crippen LogP contribution in [0.4, 0.5) is 0 Å². The molecule has 0 bridgehead atoms. The van der Waals surface area contributed by atoms with Crippen molar-refractivity contribution in [3.05, 3.63) is 35.0 Å². The molecule has 126 valence electrons. The zero-order chi connectivity index (χ0) is 17.4. The molecule has 2 aromatic rings. The highest BCUT2D eigenvalue weighted by molar-refractivity contribution is 7.20. The van der Waals surface area contributed by atoms with Crippen LogP contribution in [-0.2, 0) is 4.79 Å². The van der Waals surface area contributed by atoms with Gasteiger partial charge in [-0.2, -0.15) is 0 Å². The zero-order valence-electron chi connectivity index (χ0n) is 14.1. The van der Waals surface area contributed by atoms with E-state index in [4.69, 9.17) is 0 Å². The van der Waals surface area contributed by atoms with Crippen LogP contribution in [0.2, 0.25) is 0 Å². The summed E-state index contributed by atoms with van der Waals surface area (Å²) in [5.74, 6) is 0.0285. The van der Waals surface area contributed by atoms with E-state index in [-0.39, 0.29) is 17.7 Å². The summed E-state index contributed by atoms with van der Waals surface area (Å²) in [6, 6.07) is 0. The fraction of sp³-hybridized carbons (Fsp3) is 0.412. The molecule has 1 aliphatic rings. The van der Waals surface area contributed by atoms with E-state index in [0.717, 1.165) is 22.3 Å². The quantitative estimate of drug-likeness (QED) is 0.801. The molecule has 1 saturated heterocycles. The maximum Gasteiger partial charge on any atom is 0.263 e. The van der Waals surface area contributed by atoms with Gasteiger partial charge in [0.2, 0.25) is 5.91 Å². The first-order valence-electron chi connectivity index (χ1n) is 7.80. The van der Waals surface area contributed by atoms with E-state index in [0.29, 0.717) is 23.5 Å². The van der Waals surface area contributed by atoms with Gasteiger partial charge in [0.25, 0.3) is 5.91 Å². The Kier molecular flexibility index (Phi) is 4.36. The Hall–Kier alpha value is -2.28. The van der Waals surface area contributed by atoms with Crippen LogP contribution >= 0.6 is 11.3 Å². The summed E-state index contributed by atoms with van der Waals surface area (Å²) in [6.07, 6.45) is 4.10. The summed E-state index contributed by atoms with van der Waals surface area (Å²) in [5, 5.41) is 0. The van der Waals surface area contributed by atoms with Gasteiger partial charge in [-0.05, 0) is 13.3 Å². The first-order chi connectivity index (χ1) is 11.4. The molecule has 3 heterocycles. The first kappa shape index (κ1) is 16.6. The molecule has 1 fully saturated rings. The molecular weight excluding hydrogens is 324 g/mol. The smallest absolute Gasteiger partial charge is 0.263 e. The molecule has 0 saturated carbocycles. The number of fused-ring (bicyclic) bond motifs is 1. The standard InChI is InChI=1S/C17H20N4O2S/c1-10(2)16(22)21-8-5-11(9-21)12-13-15(19-7-6-18-13)24-14(12)17(23)20(3)4/h6-7,11H,1,5,8-9H2,2-4H3. The van der Waals surface area contributed by atoms with Gasteiger partial charge in [0.1, 0.15) is 10.3 Å². The second-order valence-corrected chi connectivity index (χ2v) is 7.27. The third-order valence-corrected chi connectivity index (χ3v) is 5.30. The molecule has 0 radical (unpaired) electrons. The van der Waals surface area contributed by atoms with Crippen LogP contribution in [0.25, 0.3) is 10.3 Å². The molecule has 7 heteroatoms. The van der Waals surface area contributed by atoms with Crippen molar-refractivity contribution in [1.29, 1.82) is 0 Å². The van der Waals surface area contributed by atoms with Crippen molar-refractivity contribution in [2.24, 2.45) is 0 Å². The summed E-state index contributed by atoms with van der Waals surface area (Å²) in [4.78, 5) is 38.4. The van der Waals surface area contributed by atoms with E-state index in [9.17, 15) is 9.59 Å². The van der Waals surface area contributed by atoms with Gasteiger partial charge in [-0.1, -0.05) is 6.58 Å². The minimum Gasteiger partial charge on any atom is -0.344 e. The van der Waals surface area contributed by atoms with Gasteiger partial charge in [-0.25, -0.2) is 4.98 Å². The lowest BCUT2D eigenvalue weighted by atomic mass is 9.97. The van der Waals surface area contributed by atoms with Gasteiger partial charge in [0, 0.05) is 56.6 Å². The zero-order valence-corrected chi connectivity index (χ0v) is 14.9. The summed E-state index contributed by atoms with van der Waals surface area (Å²) < 4.78 is 0. The summed E-state index contributed by atoms with van der Waals surface area (Å²) in [7, 11) is 3.48. The van der Waals surface area contributed by atoms with Crippen molar-refractivity contribution < 1.29 is 9.59 Å². The van der Waals surface area contributed by atoms with Gasteiger partial charge >= 0.3 is 0 Å². The molecule has 0 N–H and O–H groups in total. The number of hydrogen-bond acceptors (Lipinski definition) is 5. The summed E-state index contributed by atoms with van der Waals surface area (Å²) in [5.41, 5.74) is 2.25. The number of carbonyl (C=O) groups excluding carboxylic acids is 2. The summed E-state index contributed by atoms with van der Waals surface area (Å²) in [6.45, 7) is 6.71. The van der Waals surface area contributed by atoms with Gasteiger partial charge < -0.3 is 9.80 Å². The maximum absolute atomic E-state index is 12.6. The molecule has 0 aliphatic carbocycles. The van der Waals surface area contributed by atoms with Gasteiger partial charge in [0.05, 0.1) is 4.88 Å². The molecule has 1 atom stereocenters. The highest BCUT2D eigenvalue weighted by Crippen LogP contribution is 2.39. The lowest BCUT2D eigenvalue weighted by Gasteiger charge is -2.17. The Labute approximate surface area is 144 Å². The average Bonchev–Trinajstić information content (AvgIpc) is 3.17. The predicted octanol–water partition coefficient (Wildman–Crippen LogP) is 2.29. The minimum absolute atomic E-state index is 0.0244. The normalized spacial score (nSPS) is 17.3. The average molecular weight is 344 g/mol. The molecular formula is C17H20N4O2S. The third-order valence-electron chi connectivity index (χ3n) is 4.21. The van der Waals surface area contributed by atoms with Gasteiger partial charge in [0.15, 0.2) is 0 Å². The van der Waals surface area contributed by atoms with Gasteiger partial charge in [-0.3, -0.25) is 14.6 Å². The van der Waals surface area contributed by atoms with Crippen molar-refractivity contribution in [3.63, 3.8) is 0 Å². The topological polar surface area (TPSA) is 66.4 Å². The van der Waals surface area contributed by atoms with E-state index in [1.165, 1.54) is 11.3 Å². The van der Waals surface area contributed by atoms with E-state index in [2.05, 4.69) is 16.5 Å². The molecule has 1 unspecified atom stereocenters. The Balaban J connectivity index is 2.02. The molecule has 0 aromatic carbocycles. The van der Waals surface area contributed by atoms with Crippen molar-refractivity contribution in [2.45, 2.75) is 19.3 Å². The fourth-order valence-corrected chi connectivity index (χ4v) is 4.24. The number of nitrogens with zero attached hydrogens (tertiary/aromatic N) is 4.